The number of aromatic nitrogens is 1. The lowest BCUT2D eigenvalue weighted by Crippen LogP contribution is -2.65. The molecule has 0 saturated carbocycles. The Balaban J connectivity index is 1.67. The van der Waals surface area contributed by atoms with E-state index in [-0.39, 0.29) is 29.6 Å². The van der Waals surface area contributed by atoms with Crippen molar-refractivity contribution >= 4 is 46.1 Å². The zero-order valence-corrected chi connectivity index (χ0v) is 25.9. The fourth-order valence-corrected chi connectivity index (χ4v) is 6.05. The molecule has 0 bridgehead atoms. The number of hydrogen-bond acceptors (Lipinski definition) is 6. The number of hydrogen-bond donors (Lipinski definition) is 4. The van der Waals surface area contributed by atoms with Gasteiger partial charge in [-0.15, -0.1) is 0 Å². The number of unbranched alkanes of at least 4 members (excludes halogenated alkanes) is 2. The maximum atomic E-state index is 14.0. The number of carbonyl (C=O) groups is 6. The normalized spacial score (nSPS) is 23.9. The summed E-state index contributed by atoms with van der Waals surface area (Å²) in [5.74, 6) is -2.95. The van der Waals surface area contributed by atoms with Crippen LogP contribution in [0.25, 0.3) is 10.9 Å². The van der Waals surface area contributed by atoms with Crippen molar-refractivity contribution in [1.82, 2.24) is 25.8 Å². The molecule has 11 heteroatoms. The molecule has 0 spiro atoms. The van der Waals surface area contributed by atoms with Crippen molar-refractivity contribution in [3.63, 3.8) is 0 Å². The van der Waals surface area contributed by atoms with E-state index in [4.69, 9.17) is 0 Å². The molecule has 2 aliphatic rings. The van der Waals surface area contributed by atoms with Gasteiger partial charge in [0, 0.05) is 42.0 Å². The monoisotopic (exact) mass is 607 g/mol. The summed E-state index contributed by atoms with van der Waals surface area (Å²) in [4.78, 5) is 85.5. The smallest absolute Gasteiger partial charge is 0.251 e. The number of fused-ring (bicyclic) bond motifs is 2. The van der Waals surface area contributed by atoms with Crippen LogP contribution in [0.2, 0.25) is 0 Å². The SMILES string of the molecule is CCC(=O)CCCCC[C@@H]1NC(=O)C2CCCCN2C(=O)[C@H](C(C)CC)NC(=O)[C@H](C(=O)c2c[nH]c3ccccc23)NC1=O. The fraction of sp³-hybridized carbons (Fsp3) is 0.576. The van der Waals surface area contributed by atoms with Crippen LogP contribution < -0.4 is 16.0 Å². The van der Waals surface area contributed by atoms with Crippen LogP contribution in [-0.4, -0.2) is 75.8 Å². The Kier molecular flexibility index (Phi) is 11.3. The highest BCUT2D eigenvalue weighted by atomic mass is 16.2. The average Bonchev–Trinajstić information content (AvgIpc) is 3.47. The number of nitrogens with zero attached hydrogens (tertiary/aromatic N) is 1. The van der Waals surface area contributed by atoms with Gasteiger partial charge in [0.2, 0.25) is 17.7 Å². The van der Waals surface area contributed by atoms with E-state index < -0.39 is 47.7 Å². The van der Waals surface area contributed by atoms with Gasteiger partial charge in [-0.25, -0.2) is 0 Å². The maximum Gasteiger partial charge on any atom is 0.251 e. The molecule has 44 heavy (non-hydrogen) atoms. The lowest BCUT2D eigenvalue weighted by molar-refractivity contribution is -0.147. The number of amides is 4. The molecule has 11 nitrogen and oxygen atoms in total. The second-order valence-corrected chi connectivity index (χ2v) is 12.0. The third-order valence-corrected chi connectivity index (χ3v) is 9.01. The Morgan fingerprint density at radius 3 is 2.45 bits per heavy atom. The van der Waals surface area contributed by atoms with Crippen molar-refractivity contribution in [2.45, 2.75) is 109 Å². The molecule has 1 aromatic heterocycles. The Morgan fingerprint density at radius 1 is 0.932 bits per heavy atom. The van der Waals surface area contributed by atoms with Gasteiger partial charge in [0.25, 0.3) is 5.91 Å². The van der Waals surface area contributed by atoms with Gasteiger partial charge < -0.3 is 25.8 Å². The van der Waals surface area contributed by atoms with Gasteiger partial charge in [0.1, 0.15) is 23.9 Å². The summed E-state index contributed by atoms with van der Waals surface area (Å²) >= 11 is 0. The lowest BCUT2D eigenvalue weighted by Gasteiger charge is -2.39. The molecule has 2 aromatic rings. The van der Waals surface area contributed by atoms with Crippen molar-refractivity contribution in [3.05, 3.63) is 36.0 Å². The molecule has 1 aromatic carbocycles. The molecule has 4 amide bonds. The fourth-order valence-electron chi connectivity index (χ4n) is 6.05. The molecule has 2 aliphatic heterocycles. The van der Waals surface area contributed by atoms with Gasteiger partial charge in [0.05, 0.1) is 0 Å². The van der Waals surface area contributed by atoms with E-state index >= 15 is 0 Å². The Bertz CT molecular complexity index is 1390. The van der Waals surface area contributed by atoms with E-state index in [1.165, 1.54) is 11.1 Å². The minimum atomic E-state index is -1.63. The van der Waals surface area contributed by atoms with Gasteiger partial charge >= 0.3 is 0 Å². The quantitative estimate of drug-likeness (QED) is 0.175. The van der Waals surface area contributed by atoms with E-state index in [9.17, 15) is 28.8 Å². The molecule has 4 rings (SSSR count). The summed E-state index contributed by atoms with van der Waals surface area (Å²) in [6.07, 6.45) is 7.08. The average molecular weight is 608 g/mol. The number of para-hydroxylation sites is 1. The van der Waals surface area contributed by atoms with Gasteiger partial charge in [-0.1, -0.05) is 58.2 Å². The zero-order chi connectivity index (χ0) is 31.8. The molecule has 2 unspecified atom stereocenters. The molecule has 5 atom stereocenters. The molecule has 0 aliphatic carbocycles. The summed E-state index contributed by atoms with van der Waals surface area (Å²) < 4.78 is 0. The van der Waals surface area contributed by atoms with Crippen molar-refractivity contribution in [1.29, 1.82) is 0 Å². The van der Waals surface area contributed by atoms with Crippen LogP contribution in [0.3, 0.4) is 0 Å². The second kappa shape index (κ2) is 15.1. The van der Waals surface area contributed by atoms with E-state index in [2.05, 4.69) is 20.9 Å². The summed E-state index contributed by atoms with van der Waals surface area (Å²) in [6.45, 7) is 5.92. The topological polar surface area (TPSA) is 158 Å². The maximum absolute atomic E-state index is 14.0. The number of aromatic amines is 1. The van der Waals surface area contributed by atoms with E-state index in [1.54, 1.807) is 18.2 Å². The lowest BCUT2D eigenvalue weighted by atomic mass is 9.93. The minimum absolute atomic E-state index is 0.171. The third kappa shape index (κ3) is 7.54. The molecular formula is C33H45N5O6. The molecular weight excluding hydrogens is 562 g/mol. The molecule has 3 heterocycles. The van der Waals surface area contributed by atoms with Crippen LogP contribution in [0, 0.1) is 5.92 Å². The number of H-pyrrole nitrogens is 1. The number of Topliss-reactive ketones (excluding diaryl/α,β-unsaturated/α-hetero) is 2. The predicted molar refractivity (Wildman–Crippen MR) is 166 cm³/mol. The van der Waals surface area contributed by atoms with Gasteiger partial charge in [0.15, 0.2) is 11.8 Å². The molecule has 0 radical (unpaired) electrons. The molecule has 4 N–H and O–H groups in total. The number of nitrogens with one attached hydrogen (secondary N) is 4. The first-order valence-corrected chi connectivity index (χ1v) is 16.0. The van der Waals surface area contributed by atoms with Crippen LogP contribution in [0.5, 0.6) is 0 Å². The van der Waals surface area contributed by atoms with Crippen molar-refractivity contribution in [2.24, 2.45) is 5.92 Å². The first-order valence-electron chi connectivity index (χ1n) is 16.0. The molecule has 238 valence electrons. The summed E-state index contributed by atoms with van der Waals surface area (Å²) in [6, 6.07) is 2.76. The van der Waals surface area contributed by atoms with Crippen LogP contribution >= 0.6 is 0 Å². The minimum Gasteiger partial charge on any atom is -0.360 e. The highest BCUT2D eigenvalue weighted by molar-refractivity contribution is 6.20. The van der Waals surface area contributed by atoms with E-state index in [0.717, 1.165) is 12.8 Å². The number of benzene rings is 1. The zero-order valence-electron chi connectivity index (χ0n) is 25.9. The highest BCUT2D eigenvalue weighted by Crippen LogP contribution is 2.23. The van der Waals surface area contributed by atoms with Crippen LogP contribution in [0.15, 0.2) is 30.5 Å². The Labute approximate surface area is 258 Å². The van der Waals surface area contributed by atoms with Crippen molar-refractivity contribution in [2.75, 3.05) is 6.54 Å². The van der Waals surface area contributed by atoms with Gasteiger partial charge in [-0.05, 0) is 44.1 Å². The van der Waals surface area contributed by atoms with Crippen molar-refractivity contribution < 1.29 is 28.8 Å². The molecule has 2 saturated heterocycles. The predicted octanol–water partition coefficient (Wildman–Crippen LogP) is 3.18. The van der Waals surface area contributed by atoms with E-state index in [0.29, 0.717) is 62.4 Å². The number of piperidine rings is 1. The Hall–Kier alpha value is -4.02. The standard InChI is InChI=1S/C33H45N5O6/c1-4-20(3)27-33(44)38-18-12-11-17-26(38)31(42)35-25(16-8-6-7-13-21(39)5-2)30(41)37-28(32(43)36-27)29(40)23-19-34-24-15-10-9-14-22(23)24/h9-10,14-15,19-20,25-28,34H,4-8,11-13,16-18H2,1-3H3,(H,35,42)(H,36,43)(H,37,41)/t20?,25-,26?,27-,28-/m0/s1. The number of ketones is 2. The second-order valence-electron chi connectivity index (χ2n) is 12.0. The van der Waals surface area contributed by atoms with E-state index in [1.807, 2.05) is 26.8 Å². The summed E-state index contributed by atoms with van der Waals surface area (Å²) in [5.41, 5.74) is 0.933. The molecule has 2 fully saturated rings. The number of carbonyl (C=O) groups excluding carboxylic acids is 6. The summed E-state index contributed by atoms with van der Waals surface area (Å²) in [7, 11) is 0. The first-order chi connectivity index (χ1) is 21.2. The Morgan fingerprint density at radius 2 is 1.70 bits per heavy atom. The van der Waals surface area contributed by atoms with Crippen LogP contribution in [0.4, 0.5) is 0 Å². The van der Waals surface area contributed by atoms with Gasteiger partial charge in [-0.3, -0.25) is 28.8 Å². The number of rotatable bonds is 11. The first kappa shape index (κ1) is 32.9. The van der Waals surface area contributed by atoms with Gasteiger partial charge in [-0.2, -0.15) is 0 Å². The largest absolute Gasteiger partial charge is 0.360 e. The van der Waals surface area contributed by atoms with Crippen molar-refractivity contribution in [3.8, 4) is 0 Å². The summed E-state index contributed by atoms with van der Waals surface area (Å²) in [5, 5.41) is 8.88. The highest BCUT2D eigenvalue weighted by Gasteiger charge is 2.42. The van der Waals surface area contributed by atoms with Crippen LogP contribution in [-0.2, 0) is 24.0 Å². The third-order valence-electron chi connectivity index (χ3n) is 9.01. The van der Waals surface area contributed by atoms with Crippen LogP contribution in [0.1, 0.15) is 95.3 Å².